The smallest absolute Gasteiger partial charge is 0.413 e. The topological polar surface area (TPSA) is 352 Å². The first-order valence-electron chi connectivity index (χ1n) is 37.8. The van der Waals surface area contributed by atoms with Gasteiger partial charge in [0.05, 0.1) is 88.3 Å². The number of fused-ring (bicyclic) bond motifs is 3. The van der Waals surface area contributed by atoms with Gasteiger partial charge in [0, 0.05) is 126 Å². The maximum atomic E-state index is 13.5. The molecular weight excluding hydrogens is 1450 g/mol. The van der Waals surface area contributed by atoms with Gasteiger partial charge in [0.15, 0.2) is 0 Å². The van der Waals surface area contributed by atoms with Crippen molar-refractivity contribution in [3.63, 3.8) is 0 Å². The summed E-state index contributed by atoms with van der Waals surface area (Å²) in [5, 5.41) is 10.7. The van der Waals surface area contributed by atoms with Crippen LogP contribution in [0, 0.1) is 0 Å². The number of aromatic amines is 3. The van der Waals surface area contributed by atoms with Gasteiger partial charge in [-0.05, 0) is 204 Å². The minimum Gasteiger partial charge on any atom is -0.497 e. The summed E-state index contributed by atoms with van der Waals surface area (Å²) in [6.45, 7) is 15.5. The van der Waals surface area contributed by atoms with Gasteiger partial charge in [-0.25, -0.2) is 29.3 Å². The van der Waals surface area contributed by atoms with Crippen LogP contribution in [0.15, 0.2) is 174 Å². The molecule has 7 N–H and O–H groups in total. The van der Waals surface area contributed by atoms with Crippen LogP contribution in [0.2, 0.25) is 0 Å². The molecule has 0 radical (unpaired) electrons. The molecule has 2 unspecified atom stereocenters. The number of ether oxygens (including phenoxy) is 4. The second-order valence-electron chi connectivity index (χ2n) is 28.1. The number of hydrogen-bond acceptors (Lipinski definition) is 19. The highest BCUT2D eigenvalue weighted by molar-refractivity contribution is 6.03. The lowest BCUT2D eigenvalue weighted by Crippen LogP contribution is -2.47. The number of anilines is 3. The Morgan fingerprint density at radius 2 is 1.09 bits per heavy atom. The molecule has 3 aliphatic rings. The number of piperidine rings is 1. The first kappa shape index (κ1) is 78.8. The first-order chi connectivity index (χ1) is 55.1. The van der Waals surface area contributed by atoms with E-state index in [1.165, 1.54) is 9.13 Å². The number of benzene rings is 4. The molecule has 11 heterocycles. The standard InChI is InChI=1S/C30H32N6O3.C27H29N7O4.C27H30N6O4/c1-5-31-30(38)35-29-33-26-16-22(15-24(28(26)34-29)25-11-6-7-12-32-25)21-13-18(2)36(27(37)17-21)19(3)20-9-8-10-23(14-20)39-4;1-4-38-27(37)31-26-29-22-14-19(17-7-8-33(3)23(35)15-17)13-20(24(22)30-26)21-6-5-18(16-28-21)25(36)34-11-9-32(2)10-12-34;1-4-36-27(35)31-26-29-23-14-18(17-7-12-33(3)24(34)15-17)13-21(25(23)30-26)22-6-5-20(16-28-22)37-19-8-10-32(2)11-9-19/h6-12,14-19H,5,13H2,1-4H3,(H3,31,33,34,35,38);5-8,13-16H,4,9-12H2,1-3H3,(H2,29,30,31,37);5-7,12-16,19H,4,8-11H2,1-3H3,(H2,29,30,31,35). The number of pyridine rings is 5. The Bertz CT molecular complexity index is 5660. The molecule has 0 spiro atoms. The van der Waals surface area contributed by atoms with Crippen molar-refractivity contribution < 1.29 is 42.9 Å². The highest BCUT2D eigenvalue weighted by atomic mass is 16.6. The molecule has 15 rings (SSSR count). The van der Waals surface area contributed by atoms with Gasteiger partial charge in [0.2, 0.25) is 23.8 Å². The van der Waals surface area contributed by atoms with E-state index in [0.717, 1.165) is 112 Å². The van der Waals surface area contributed by atoms with Gasteiger partial charge in [0.25, 0.3) is 17.0 Å². The number of aryl methyl sites for hydroxylation is 2. The number of nitrogens with zero attached hydrogens (tertiary/aromatic N) is 12. The van der Waals surface area contributed by atoms with Crippen molar-refractivity contribution in [1.82, 2.24) is 78.9 Å². The van der Waals surface area contributed by atoms with E-state index in [4.69, 9.17) is 18.9 Å². The van der Waals surface area contributed by atoms with E-state index in [-0.39, 0.29) is 72.3 Å². The predicted octanol–water partition coefficient (Wildman–Crippen LogP) is 12.5. The van der Waals surface area contributed by atoms with Crippen molar-refractivity contribution in [3.8, 4) is 67.5 Å². The molecule has 2 saturated heterocycles. The predicted molar refractivity (Wildman–Crippen MR) is 438 cm³/mol. The number of likely N-dealkylation sites (tertiary alicyclic amines) is 1. The fourth-order valence-electron chi connectivity index (χ4n) is 14.0. The number of hydrogen-bond donors (Lipinski definition) is 7. The number of carbonyl (C=O) groups excluding carboxylic acids is 5. The maximum Gasteiger partial charge on any atom is 0.413 e. The number of likely N-dealkylation sites (N-methyl/N-ethyl adjacent to an activating group) is 1. The molecule has 0 bridgehead atoms. The average Bonchev–Trinajstić information content (AvgIpc) is 1.73. The van der Waals surface area contributed by atoms with Crippen LogP contribution < -0.4 is 41.9 Å². The summed E-state index contributed by atoms with van der Waals surface area (Å²) in [5.74, 6) is 2.23. The molecule has 2 fully saturated rings. The number of piperazine rings is 1. The van der Waals surface area contributed by atoms with Gasteiger partial charge in [-0.3, -0.25) is 50.1 Å². The van der Waals surface area contributed by atoms with Gasteiger partial charge < -0.3 is 68.0 Å². The molecule has 0 aliphatic carbocycles. The van der Waals surface area contributed by atoms with Crippen molar-refractivity contribution in [3.05, 3.63) is 202 Å². The van der Waals surface area contributed by atoms with Crippen molar-refractivity contribution in [1.29, 1.82) is 0 Å². The van der Waals surface area contributed by atoms with E-state index >= 15 is 0 Å². The minimum absolute atomic E-state index is 0.0237. The van der Waals surface area contributed by atoms with Gasteiger partial charge >= 0.3 is 18.2 Å². The minimum atomic E-state index is -0.621. The van der Waals surface area contributed by atoms with Crippen molar-refractivity contribution >= 4 is 86.6 Å². The number of carbonyl (C=O) groups is 5. The Kier molecular flexibility index (Phi) is 24.4. The number of aromatic nitrogens is 11. The zero-order valence-electron chi connectivity index (χ0n) is 65.2. The summed E-state index contributed by atoms with van der Waals surface area (Å²) in [4.78, 5) is 132. The number of urea groups is 1. The Labute approximate surface area is 657 Å². The quantitative estimate of drug-likeness (QED) is 0.0419. The third-order valence-electron chi connectivity index (χ3n) is 20.1. The van der Waals surface area contributed by atoms with Gasteiger partial charge in [-0.15, -0.1) is 0 Å². The maximum absolute atomic E-state index is 13.5. The van der Waals surface area contributed by atoms with E-state index in [2.05, 4.69) is 89.9 Å². The highest BCUT2D eigenvalue weighted by Gasteiger charge is 2.32. The lowest BCUT2D eigenvalue weighted by Gasteiger charge is -2.38. The summed E-state index contributed by atoms with van der Waals surface area (Å²) in [5.41, 5.74) is 14.5. The van der Waals surface area contributed by atoms with Crippen LogP contribution in [0.4, 0.5) is 32.2 Å². The molecule has 0 saturated carbocycles. The van der Waals surface area contributed by atoms with Gasteiger partial charge in [-0.1, -0.05) is 18.2 Å². The first-order valence-corrected chi connectivity index (χ1v) is 37.8. The van der Waals surface area contributed by atoms with Crippen molar-refractivity contribution in [2.75, 3.05) is 96.2 Å². The third-order valence-corrected chi connectivity index (χ3v) is 20.1. The van der Waals surface area contributed by atoms with Gasteiger partial charge in [0.1, 0.15) is 17.6 Å². The van der Waals surface area contributed by atoms with E-state index in [0.29, 0.717) is 82.1 Å². The normalized spacial score (nSPS) is 14.9. The van der Waals surface area contributed by atoms with E-state index in [1.54, 1.807) is 96.4 Å². The summed E-state index contributed by atoms with van der Waals surface area (Å²) >= 11 is 0. The van der Waals surface area contributed by atoms with Crippen LogP contribution >= 0.6 is 0 Å². The van der Waals surface area contributed by atoms with Crippen LogP contribution in [-0.2, 0) is 28.4 Å². The molecule has 30 heteroatoms. The van der Waals surface area contributed by atoms with E-state index in [1.807, 2.05) is 134 Å². The van der Waals surface area contributed by atoms with Crippen molar-refractivity contribution in [2.24, 2.45) is 14.1 Å². The monoisotopic (exact) mass is 1540 g/mol. The molecule has 588 valence electrons. The molecule has 30 nitrogen and oxygen atoms in total. The average molecular weight is 1540 g/mol. The van der Waals surface area contributed by atoms with Crippen molar-refractivity contribution in [2.45, 2.75) is 72.1 Å². The number of methoxy groups -OCH3 is 1. The lowest BCUT2D eigenvalue weighted by molar-refractivity contribution is -0.130. The molecule has 114 heavy (non-hydrogen) atoms. The van der Waals surface area contributed by atoms with Crippen LogP contribution in [0.25, 0.3) is 94.7 Å². The fraction of sp³-hybridized carbons (Fsp3) is 0.298. The molecule has 12 aromatic rings. The number of amides is 6. The molecule has 4 aromatic carbocycles. The van der Waals surface area contributed by atoms with E-state index in [9.17, 15) is 33.6 Å². The molecular formula is C84H91N19O11. The Morgan fingerprint density at radius 3 is 1.59 bits per heavy atom. The molecule has 8 aromatic heterocycles. The van der Waals surface area contributed by atoms with Gasteiger partial charge in [-0.2, -0.15) is 0 Å². The van der Waals surface area contributed by atoms with Crippen LogP contribution in [-0.4, -0.2) is 196 Å². The number of rotatable bonds is 18. The molecule has 2 atom stereocenters. The fourth-order valence-corrected chi connectivity index (χ4v) is 14.0. The van der Waals surface area contributed by atoms with E-state index < -0.39 is 12.2 Å². The largest absolute Gasteiger partial charge is 0.497 e. The lowest BCUT2D eigenvalue weighted by atomic mass is 9.90. The summed E-state index contributed by atoms with van der Waals surface area (Å²) in [6.07, 6.45) is 11.8. The van der Waals surface area contributed by atoms with Crippen LogP contribution in [0.3, 0.4) is 0 Å². The zero-order chi connectivity index (χ0) is 80.3. The number of H-pyrrole nitrogens is 3. The Morgan fingerprint density at radius 1 is 0.553 bits per heavy atom. The SMILES string of the molecule is CCNC(=O)Nc1nc2c(-c3ccccn3)cc(C3=CC(=O)N(C(C)c4cccc(OC)c4)C(C)C3)cc2[nH]1.CCOC(=O)Nc1nc2c(-c3ccc(C(=O)N4CCN(C)CC4)cn3)cc(-c3ccn(C)c(=O)c3)cc2[nH]1.CCOC(=O)Nc1nc2c(-c3ccc(OC4CCN(C)CC4)cn3)cc(-c3ccn(C)c(=O)c3)cc2[nH]1. The van der Waals surface area contributed by atoms with Crippen LogP contribution in [0.5, 0.6) is 11.5 Å². The molecule has 6 amide bonds. The second kappa shape index (κ2) is 35.3. The Balaban J connectivity index is 0.000000149. The van der Waals surface area contributed by atoms with Crippen LogP contribution in [0.1, 0.15) is 81.4 Å². The highest BCUT2D eigenvalue weighted by Crippen LogP contribution is 2.40. The third kappa shape index (κ3) is 18.5. The summed E-state index contributed by atoms with van der Waals surface area (Å²) < 4.78 is 24.5. The number of nitrogens with one attached hydrogen (secondary N) is 7. The summed E-state index contributed by atoms with van der Waals surface area (Å²) in [7, 11) is 9.21. The summed E-state index contributed by atoms with van der Waals surface area (Å²) in [6, 6.07) is 38.9. The number of imidazole rings is 3. The Hall–Kier alpha value is -13.4. The molecule has 3 aliphatic heterocycles. The zero-order valence-corrected chi connectivity index (χ0v) is 65.2. The second-order valence-corrected chi connectivity index (χ2v) is 28.1.